The summed E-state index contributed by atoms with van der Waals surface area (Å²) in [6, 6.07) is 10.7. The van der Waals surface area contributed by atoms with Crippen molar-refractivity contribution in [1.82, 2.24) is 0 Å². The minimum absolute atomic E-state index is 0.179. The second kappa shape index (κ2) is 5.71. The summed E-state index contributed by atoms with van der Waals surface area (Å²) in [7, 11) is 0. The summed E-state index contributed by atoms with van der Waals surface area (Å²) in [4.78, 5) is 2.49. The van der Waals surface area contributed by atoms with Crippen LogP contribution in [0.1, 0.15) is 53.3 Å². The minimum Gasteiger partial charge on any atom is -0.388 e. The van der Waals surface area contributed by atoms with Gasteiger partial charge in [0.05, 0.1) is 6.10 Å². The van der Waals surface area contributed by atoms with Crippen LogP contribution in [0.25, 0.3) is 0 Å². The molecule has 2 heteroatoms. The molecule has 0 aliphatic carbocycles. The molecule has 0 saturated carbocycles. The van der Waals surface area contributed by atoms with Gasteiger partial charge in [-0.25, -0.2) is 0 Å². The van der Waals surface area contributed by atoms with Crippen LogP contribution in [-0.2, 0) is 11.8 Å². The highest BCUT2D eigenvalue weighted by atomic mass is 32.1. The number of benzene rings is 1. The maximum atomic E-state index is 10.4. The lowest BCUT2D eigenvalue weighted by Crippen LogP contribution is -2.11. The molecule has 0 spiro atoms. The maximum Gasteiger partial charge on any atom is 0.0841 e. The van der Waals surface area contributed by atoms with E-state index < -0.39 is 6.10 Å². The van der Waals surface area contributed by atoms with Crippen LogP contribution in [0, 0.1) is 13.8 Å². The summed E-state index contributed by atoms with van der Waals surface area (Å²) in [5.41, 5.74) is 3.78. The molecule has 1 N–H and O–H groups in total. The molecule has 0 bridgehead atoms. The highest BCUT2D eigenvalue weighted by Crippen LogP contribution is 2.29. The van der Waals surface area contributed by atoms with Gasteiger partial charge in [-0.15, -0.1) is 11.3 Å². The molecule has 1 aromatic heterocycles. The molecule has 0 radical (unpaired) electrons. The topological polar surface area (TPSA) is 20.2 Å². The average molecular weight is 288 g/mol. The third-order valence-electron chi connectivity index (χ3n) is 3.69. The van der Waals surface area contributed by atoms with Crippen LogP contribution in [0.4, 0.5) is 0 Å². The summed E-state index contributed by atoms with van der Waals surface area (Å²) in [6.45, 7) is 10.8. The molecule has 1 atom stereocenters. The van der Waals surface area contributed by atoms with Gasteiger partial charge in [-0.2, -0.15) is 0 Å². The molecule has 1 unspecified atom stereocenters. The van der Waals surface area contributed by atoms with Crippen molar-refractivity contribution >= 4 is 11.3 Å². The van der Waals surface area contributed by atoms with Gasteiger partial charge >= 0.3 is 0 Å². The zero-order valence-electron chi connectivity index (χ0n) is 13.0. The van der Waals surface area contributed by atoms with Gasteiger partial charge in [0.25, 0.3) is 0 Å². The Morgan fingerprint density at radius 2 is 1.70 bits per heavy atom. The highest BCUT2D eigenvalue weighted by molar-refractivity contribution is 7.12. The number of rotatable bonds is 3. The average Bonchev–Trinajstić information content (AvgIpc) is 2.68. The molecule has 0 fully saturated rings. The molecular formula is C18H24OS. The molecule has 0 aliphatic heterocycles. The van der Waals surface area contributed by atoms with Gasteiger partial charge in [-0.05, 0) is 42.0 Å². The first-order valence-electron chi connectivity index (χ1n) is 7.12. The van der Waals surface area contributed by atoms with E-state index in [4.69, 9.17) is 0 Å². The van der Waals surface area contributed by atoms with Gasteiger partial charge in [-0.1, -0.05) is 45.0 Å². The SMILES string of the molecule is Cc1cc(C(O)Cc2ccc(C(C)(C)C)cc2)c(C)s1. The number of aliphatic hydroxyl groups is 1. The Morgan fingerprint density at radius 3 is 2.15 bits per heavy atom. The quantitative estimate of drug-likeness (QED) is 0.848. The largest absolute Gasteiger partial charge is 0.388 e. The minimum atomic E-state index is -0.402. The van der Waals surface area contributed by atoms with Gasteiger partial charge in [0.1, 0.15) is 0 Å². The van der Waals surface area contributed by atoms with Crippen LogP contribution >= 0.6 is 11.3 Å². The van der Waals surface area contributed by atoms with Crippen molar-refractivity contribution in [2.45, 2.75) is 52.6 Å². The van der Waals surface area contributed by atoms with E-state index in [9.17, 15) is 5.11 Å². The Kier molecular flexibility index (Phi) is 4.36. The van der Waals surface area contributed by atoms with E-state index in [1.54, 1.807) is 11.3 Å². The zero-order chi connectivity index (χ0) is 14.9. The molecule has 1 aromatic carbocycles. The second-order valence-electron chi connectivity index (χ2n) is 6.54. The van der Waals surface area contributed by atoms with Crippen molar-refractivity contribution in [3.8, 4) is 0 Å². The number of aryl methyl sites for hydroxylation is 2. The first-order chi connectivity index (χ1) is 9.27. The number of hydrogen-bond acceptors (Lipinski definition) is 2. The smallest absolute Gasteiger partial charge is 0.0841 e. The molecule has 0 amide bonds. The fourth-order valence-corrected chi connectivity index (χ4v) is 3.44. The Balaban J connectivity index is 2.12. The van der Waals surface area contributed by atoms with E-state index in [1.807, 2.05) is 0 Å². The van der Waals surface area contributed by atoms with Crippen molar-refractivity contribution in [3.63, 3.8) is 0 Å². The van der Waals surface area contributed by atoms with Crippen LogP contribution in [-0.4, -0.2) is 5.11 Å². The molecule has 2 rings (SSSR count). The van der Waals surface area contributed by atoms with Crippen molar-refractivity contribution in [1.29, 1.82) is 0 Å². The zero-order valence-corrected chi connectivity index (χ0v) is 13.8. The molecule has 2 aromatic rings. The van der Waals surface area contributed by atoms with Gasteiger partial charge < -0.3 is 5.11 Å². The van der Waals surface area contributed by atoms with E-state index in [0.29, 0.717) is 6.42 Å². The van der Waals surface area contributed by atoms with Crippen LogP contribution < -0.4 is 0 Å². The predicted molar refractivity (Wildman–Crippen MR) is 87.6 cm³/mol. The summed E-state index contributed by atoms with van der Waals surface area (Å²) in [5.74, 6) is 0. The van der Waals surface area contributed by atoms with Gasteiger partial charge in [0.2, 0.25) is 0 Å². The maximum absolute atomic E-state index is 10.4. The van der Waals surface area contributed by atoms with Crippen molar-refractivity contribution in [2.75, 3.05) is 0 Å². The van der Waals surface area contributed by atoms with Crippen LogP contribution in [0.5, 0.6) is 0 Å². The highest BCUT2D eigenvalue weighted by Gasteiger charge is 2.16. The van der Waals surface area contributed by atoms with Crippen LogP contribution in [0.15, 0.2) is 30.3 Å². The molecule has 0 saturated heterocycles. The van der Waals surface area contributed by atoms with Crippen molar-refractivity contribution < 1.29 is 5.11 Å². The molecule has 0 aliphatic rings. The molecule has 108 valence electrons. The van der Waals surface area contributed by atoms with Gasteiger partial charge in [-0.3, -0.25) is 0 Å². The van der Waals surface area contributed by atoms with E-state index in [0.717, 1.165) is 5.56 Å². The number of hydrogen-bond donors (Lipinski definition) is 1. The van der Waals surface area contributed by atoms with E-state index in [1.165, 1.54) is 20.9 Å². The van der Waals surface area contributed by atoms with Crippen molar-refractivity contribution in [3.05, 3.63) is 56.8 Å². The Morgan fingerprint density at radius 1 is 1.10 bits per heavy atom. The molecule has 1 nitrogen and oxygen atoms in total. The van der Waals surface area contributed by atoms with Crippen LogP contribution in [0.3, 0.4) is 0 Å². The van der Waals surface area contributed by atoms with Crippen LogP contribution in [0.2, 0.25) is 0 Å². The molecular weight excluding hydrogens is 264 g/mol. The normalized spacial score (nSPS) is 13.5. The standard InChI is InChI=1S/C18H24OS/c1-12-10-16(13(2)20-12)17(19)11-14-6-8-15(9-7-14)18(3,4)5/h6-10,17,19H,11H2,1-5H3. The molecule has 1 heterocycles. The third-order valence-corrected chi connectivity index (χ3v) is 4.67. The molecule has 20 heavy (non-hydrogen) atoms. The fraction of sp³-hybridized carbons (Fsp3) is 0.444. The number of thiophene rings is 1. The van der Waals surface area contributed by atoms with E-state index >= 15 is 0 Å². The van der Waals surface area contributed by atoms with E-state index in [2.05, 4.69) is 65.0 Å². The Bertz CT molecular complexity index is 572. The summed E-state index contributed by atoms with van der Waals surface area (Å²) < 4.78 is 0. The first kappa shape index (κ1) is 15.3. The lowest BCUT2D eigenvalue weighted by atomic mass is 9.86. The predicted octanol–water partition coefficient (Wildman–Crippen LogP) is 4.94. The van der Waals surface area contributed by atoms with Gasteiger partial charge in [0.15, 0.2) is 0 Å². The Hall–Kier alpha value is -1.12. The second-order valence-corrected chi connectivity index (χ2v) is 8.00. The number of aliphatic hydroxyl groups excluding tert-OH is 1. The van der Waals surface area contributed by atoms with Gasteiger partial charge in [0, 0.05) is 16.2 Å². The summed E-state index contributed by atoms with van der Waals surface area (Å²) >= 11 is 1.75. The lowest BCUT2D eigenvalue weighted by molar-refractivity contribution is 0.178. The monoisotopic (exact) mass is 288 g/mol. The first-order valence-corrected chi connectivity index (χ1v) is 7.93. The van der Waals surface area contributed by atoms with Crippen molar-refractivity contribution in [2.24, 2.45) is 0 Å². The van der Waals surface area contributed by atoms with E-state index in [-0.39, 0.29) is 5.41 Å². The summed E-state index contributed by atoms with van der Waals surface area (Å²) in [6.07, 6.45) is 0.280. The lowest BCUT2D eigenvalue weighted by Gasteiger charge is -2.19. The fourth-order valence-electron chi connectivity index (χ4n) is 2.46. The third kappa shape index (κ3) is 3.50. The summed E-state index contributed by atoms with van der Waals surface area (Å²) in [5, 5.41) is 10.4. The Labute approximate surface area is 126 Å².